The molecule has 0 bridgehead atoms. The third kappa shape index (κ3) is 4.78. The molecule has 1 aromatic heterocycles. The van der Waals surface area contributed by atoms with Crippen LogP contribution in [0.2, 0.25) is 0 Å². The molecule has 2 rings (SSSR count). The van der Waals surface area contributed by atoms with E-state index in [0.717, 1.165) is 5.69 Å². The largest absolute Gasteiger partial charge is 0.497 e. The highest BCUT2D eigenvalue weighted by Crippen LogP contribution is 2.31. The van der Waals surface area contributed by atoms with Crippen LogP contribution in [0, 0.1) is 0 Å². The maximum atomic E-state index is 12.8. The molecule has 1 atom stereocenters. The molecule has 8 heteroatoms. The maximum absolute atomic E-state index is 12.8. The van der Waals surface area contributed by atoms with Crippen LogP contribution >= 0.6 is 0 Å². The quantitative estimate of drug-likeness (QED) is 0.735. The van der Waals surface area contributed by atoms with E-state index in [2.05, 4.69) is 10.4 Å². The van der Waals surface area contributed by atoms with Gasteiger partial charge in [0.05, 0.1) is 32.4 Å². The van der Waals surface area contributed by atoms with Crippen LogP contribution in [0.3, 0.4) is 0 Å². The molecule has 1 aromatic carbocycles. The Labute approximate surface area is 158 Å². The van der Waals surface area contributed by atoms with E-state index in [9.17, 15) is 14.7 Å². The Hall–Kier alpha value is -3.03. The van der Waals surface area contributed by atoms with Gasteiger partial charge in [0.1, 0.15) is 17.2 Å². The second-order valence-electron chi connectivity index (χ2n) is 6.46. The Morgan fingerprint density at radius 1 is 1.22 bits per heavy atom. The predicted octanol–water partition coefficient (Wildman–Crippen LogP) is 2.51. The number of hydrogen-bond acceptors (Lipinski definition) is 5. The van der Waals surface area contributed by atoms with Gasteiger partial charge in [-0.05, 0) is 24.1 Å². The van der Waals surface area contributed by atoms with Crippen molar-refractivity contribution in [1.82, 2.24) is 15.1 Å². The molecule has 0 saturated carbocycles. The number of ether oxygens (including phenoxy) is 2. The van der Waals surface area contributed by atoms with Gasteiger partial charge in [0, 0.05) is 18.7 Å². The average Bonchev–Trinajstić information content (AvgIpc) is 3.02. The van der Waals surface area contributed by atoms with E-state index in [1.54, 1.807) is 31.3 Å². The van der Waals surface area contributed by atoms with Gasteiger partial charge in [-0.2, -0.15) is 5.10 Å². The molecular weight excluding hydrogens is 350 g/mol. The van der Waals surface area contributed by atoms with Crippen LogP contribution in [0.1, 0.15) is 54.0 Å². The van der Waals surface area contributed by atoms with Gasteiger partial charge in [-0.1, -0.05) is 13.8 Å². The highest BCUT2D eigenvalue weighted by atomic mass is 16.5. The van der Waals surface area contributed by atoms with Gasteiger partial charge >= 0.3 is 5.97 Å². The molecule has 2 N–H and O–H groups in total. The minimum absolute atomic E-state index is 0.175. The van der Waals surface area contributed by atoms with Crippen LogP contribution in [0.15, 0.2) is 24.3 Å². The summed E-state index contributed by atoms with van der Waals surface area (Å²) in [6.07, 6.45) is -0.288. The van der Waals surface area contributed by atoms with E-state index in [4.69, 9.17) is 9.47 Å². The van der Waals surface area contributed by atoms with Gasteiger partial charge in [-0.15, -0.1) is 0 Å². The van der Waals surface area contributed by atoms with Crippen LogP contribution < -0.4 is 14.8 Å². The zero-order valence-electron chi connectivity index (χ0n) is 16.1. The van der Waals surface area contributed by atoms with Crippen LogP contribution in [0.5, 0.6) is 11.5 Å². The standard InChI is InChI=1S/C19H25N3O5/c1-11(2)14-9-16(22(3)21-14)19(25)20-15(10-18(23)24)13-7-6-12(26-4)8-17(13)27-5/h6-9,11,15H,10H2,1-5H3,(H,20,25)(H,23,24). The zero-order valence-corrected chi connectivity index (χ0v) is 16.1. The monoisotopic (exact) mass is 375 g/mol. The van der Waals surface area contributed by atoms with E-state index in [1.165, 1.54) is 18.9 Å². The van der Waals surface area contributed by atoms with Crippen molar-refractivity contribution >= 4 is 11.9 Å². The van der Waals surface area contributed by atoms with Gasteiger partial charge in [-0.25, -0.2) is 0 Å². The van der Waals surface area contributed by atoms with Crippen LogP contribution in [0.25, 0.3) is 0 Å². The van der Waals surface area contributed by atoms with Gasteiger partial charge in [-0.3, -0.25) is 14.3 Å². The summed E-state index contributed by atoms with van der Waals surface area (Å²) in [7, 11) is 4.69. The number of nitrogens with zero attached hydrogens (tertiary/aromatic N) is 2. The molecule has 2 aromatic rings. The highest BCUT2D eigenvalue weighted by molar-refractivity contribution is 5.93. The Balaban J connectivity index is 2.35. The first kappa shape index (κ1) is 20.3. The molecule has 0 aliphatic carbocycles. The summed E-state index contributed by atoms with van der Waals surface area (Å²) in [4.78, 5) is 24.1. The first-order valence-corrected chi connectivity index (χ1v) is 8.55. The lowest BCUT2D eigenvalue weighted by atomic mass is 10.0. The topological polar surface area (TPSA) is 103 Å². The fourth-order valence-electron chi connectivity index (χ4n) is 2.74. The van der Waals surface area contributed by atoms with Crippen molar-refractivity contribution in [2.75, 3.05) is 14.2 Å². The van der Waals surface area contributed by atoms with E-state index < -0.39 is 17.9 Å². The second kappa shape index (κ2) is 8.57. The molecule has 0 aliphatic rings. The first-order chi connectivity index (χ1) is 12.8. The molecule has 1 amide bonds. The lowest BCUT2D eigenvalue weighted by molar-refractivity contribution is -0.137. The van der Waals surface area contributed by atoms with E-state index >= 15 is 0 Å². The number of benzene rings is 1. The Kier molecular flexibility index (Phi) is 6.44. The average molecular weight is 375 g/mol. The maximum Gasteiger partial charge on any atom is 0.305 e. The molecule has 1 heterocycles. The lowest BCUT2D eigenvalue weighted by Gasteiger charge is -2.20. The molecule has 1 unspecified atom stereocenters. The van der Waals surface area contributed by atoms with Crippen molar-refractivity contribution < 1.29 is 24.2 Å². The van der Waals surface area contributed by atoms with Crippen LogP contribution in [0.4, 0.5) is 0 Å². The SMILES string of the molecule is COc1ccc(C(CC(=O)O)NC(=O)c2cc(C(C)C)nn2C)c(OC)c1. The van der Waals surface area contributed by atoms with Crippen LogP contribution in [-0.4, -0.2) is 41.0 Å². The molecule has 0 fully saturated rings. The number of carbonyl (C=O) groups excluding carboxylic acids is 1. The number of hydrogen-bond donors (Lipinski definition) is 2. The molecule has 0 saturated heterocycles. The van der Waals surface area contributed by atoms with E-state index in [1.807, 2.05) is 13.8 Å². The minimum atomic E-state index is -1.04. The van der Waals surface area contributed by atoms with Crippen molar-refractivity contribution in [2.24, 2.45) is 7.05 Å². The number of aryl methyl sites for hydroxylation is 1. The summed E-state index contributed by atoms with van der Waals surface area (Å²) >= 11 is 0. The van der Waals surface area contributed by atoms with E-state index in [0.29, 0.717) is 22.8 Å². The number of carboxylic acids is 1. The van der Waals surface area contributed by atoms with Gasteiger partial charge in [0.25, 0.3) is 5.91 Å². The number of aromatic nitrogens is 2. The summed E-state index contributed by atoms with van der Waals surface area (Å²) in [5, 5.41) is 16.4. The Morgan fingerprint density at radius 2 is 1.93 bits per heavy atom. The number of rotatable bonds is 8. The highest BCUT2D eigenvalue weighted by Gasteiger charge is 2.24. The fraction of sp³-hybridized carbons (Fsp3) is 0.421. The lowest BCUT2D eigenvalue weighted by Crippen LogP contribution is -2.31. The van der Waals surface area contributed by atoms with Crippen molar-refractivity contribution in [1.29, 1.82) is 0 Å². The van der Waals surface area contributed by atoms with Crippen molar-refractivity contribution in [2.45, 2.75) is 32.2 Å². The minimum Gasteiger partial charge on any atom is -0.497 e. The Bertz CT molecular complexity index is 829. The van der Waals surface area contributed by atoms with Crippen LogP contribution in [-0.2, 0) is 11.8 Å². The summed E-state index contributed by atoms with van der Waals surface area (Å²) in [6, 6.07) is 5.97. The second-order valence-corrected chi connectivity index (χ2v) is 6.46. The molecule has 0 aliphatic heterocycles. The molecule has 8 nitrogen and oxygen atoms in total. The molecular formula is C19H25N3O5. The number of carbonyl (C=O) groups is 2. The third-order valence-corrected chi connectivity index (χ3v) is 4.22. The number of amides is 1. The number of carboxylic acid groups (broad SMARTS) is 1. The smallest absolute Gasteiger partial charge is 0.305 e. The predicted molar refractivity (Wildman–Crippen MR) is 99.3 cm³/mol. The molecule has 0 radical (unpaired) electrons. The molecule has 27 heavy (non-hydrogen) atoms. The third-order valence-electron chi connectivity index (χ3n) is 4.22. The first-order valence-electron chi connectivity index (χ1n) is 8.55. The molecule has 146 valence electrons. The zero-order chi connectivity index (χ0) is 20.1. The summed E-state index contributed by atoms with van der Waals surface area (Å²) in [6.45, 7) is 3.97. The summed E-state index contributed by atoms with van der Waals surface area (Å²) in [5.41, 5.74) is 1.71. The number of nitrogens with one attached hydrogen (secondary N) is 1. The van der Waals surface area contributed by atoms with E-state index in [-0.39, 0.29) is 12.3 Å². The number of aliphatic carboxylic acids is 1. The Morgan fingerprint density at radius 3 is 2.44 bits per heavy atom. The van der Waals surface area contributed by atoms with Gasteiger partial charge in [0.2, 0.25) is 0 Å². The normalized spacial score (nSPS) is 11.9. The summed E-state index contributed by atoms with van der Waals surface area (Å²) in [5.74, 6) is -0.251. The van der Waals surface area contributed by atoms with Gasteiger partial charge in [0.15, 0.2) is 0 Å². The van der Waals surface area contributed by atoms with Crippen molar-refractivity contribution in [3.8, 4) is 11.5 Å². The van der Waals surface area contributed by atoms with Gasteiger partial charge < -0.3 is 19.9 Å². The van der Waals surface area contributed by atoms with Crippen molar-refractivity contribution in [3.05, 3.63) is 41.2 Å². The summed E-state index contributed by atoms with van der Waals surface area (Å²) < 4.78 is 12.0. The molecule has 0 spiro atoms. The fourth-order valence-corrected chi connectivity index (χ4v) is 2.74. The van der Waals surface area contributed by atoms with Crippen molar-refractivity contribution in [3.63, 3.8) is 0 Å². The number of methoxy groups -OCH3 is 2.